The number of carbonyl (C=O) groups excluding carboxylic acids is 1. The zero-order valence-corrected chi connectivity index (χ0v) is 19.7. The largest absolute Gasteiger partial charge is 0.490 e. The molecule has 1 amide bonds. The number of aromatic nitrogens is 1. The van der Waals surface area contributed by atoms with Gasteiger partial charge in [0.15, 0.2) is 9.84 Å². The molecule has 2 fully saturated rings. The molecule has 0 N–H and O–H groups in total. The quantitative estimate of drug-likeness (QED) is 0.598. The fourth-order valence-electron chi connectivity index (χ4n) is 4.69. The minimum Gasteiger partial charge on any atom is -0.490 e. The van der Waals surface area contributed by atoms with Gasteiger partial charge >= 0.3 is 0 Å². The fraction of sp³-hybridized carbons (Fsp3) is 0.500. The van der Waals surface area contributed by atoms with Crippen LogP contribution in [-0.2, 0) is 21.7 Å². The Bertz CT molecular complexity index is 1220. The van der Waals surface area contributed by atoms with Crippen molar-refractivity contribution >= 4 is 15.7 Å². The highest BCUT2D eigenvalue weighted by Crippen LogP contribution is 2.35. The van der Waals surface area contributed by atoms with Crippen LogP contribution in [0.2, 0.25) is 0 Å². The van der Waals surface area contributed by atoms with Gasteiger partial charge in [0.05, 0.1) is 16.8 Å². The molecule has 0 spiro atoms. The zero-order chi connectivity index (χ0) is 23.8. The first-order valence-corrected chi connectivity index (χ1v) is 13.0. The summed E-state index contributed by atoms with van der Waals surface area (Å²) in [6.07, 6.45) is 5.90. The normalized spacial score (nSPS) is 21.4. The van der Waals surface area contributed by atoms with Crippen LogP contribution in [0.25, 0.3) is 11.1 Å². The smallest absolute Gasteiger partial charge is 0.254 e. The Morgan fingerprint density at radius 3 is 2.45 bits per heavy atom. The predicted molar refractivity (Wildman–Crippen MR) is 122 cm³/mol. The van der Waals surface area contributed by atoms with E-state index in [0.29, 0.717) is 12.0 Å². The molecule has 2 heterocycles. The van der Waals surface area contributed by atoms with Crippen molar-refractivity contribution in [3.63, 3.8) is 0 Å². The summed E-state index contributed by atoms with van der Waals surface area (Å²) >= 11 is 0. The number of amides is 1. The zero-order valence-electron chi connectivity index (χ0n) is 18.9. The average Bonchev–Trinajstić information content (AvgIpc) is 3.23. The SMILES string of the molecule is CCS(=O)(=O)c1ccc(F)c(-c2cn(C)c(=O)cc2OC2CCC(N3CCCC3=O)CC2)c1. The number of hydrogen-bond donors (Lipinski definition) is 0. The van der Waals surface area contributed by atoms with E-state index in [1.54, 1.807) is 7.05 Å². The van der Waals surface area contributed by atoms with Gasteiger partial charge in [0.1, 0.15) is 11.6 Å². The second-order valence-corrected chi connectivity index (χ2v) is 11.1. The summed E-state index contributed by atoms with van der Waals surface area (Å²) in [5.74, 6) is -0.239. The number of likely N-dealkylation sites (tertiary alicyclic amines) is 1. The van der Waals surface area contributed by atoms with Crippen LogP contribution in [0.5, 0.6) is 5.75 Å². The van der Waals surface area contributed by atoms with Crippen molar-refractivity contribution in [2.45, 2.75) is 62.5 Å². The highest BCUT2D eigenvalue weighted by Gasteiger charge is 2.32. The van der Waals surface area contributed by atoms with E-state index in [4.69, 9.17) is 4.74 Å². The lowest BCUT2D eigenvalue weighted by Crippen LogP contribution is -2.40. The Morgan fingerprint density at radius 1 is 1.09 bits per heavy atom. The fourth-order valence-corrected chi connectivity index (χ4v) is 5.60. The number of rotatable bonds is 6. The molecule has 0 bridgehead atoms. The van der Waals surface area contributed by atoms with Gasteiger partial charge in [-0.1, -0.05) is 6.92 Å². The summed E-state index contributed by atoms with van der Waals surface area (Å²) in [5, 5.41) is 0. The van der Waals surface area contributed by atoms with E-state index in [-0.39, 0.29) is 45.6 Å². The van der Waals surface area contributed by atoms with E-state index in [1.807, 2.05) is 4.90 Å². The number of pyridine rings is 1. The molecular formula is C24H29FN2O5S. The Kier molecular flexibility index (Phi) is 6.61. The Hall–Kier alpha value is -2.68. The van der Waals surface area contributed by atoms with E-state index in [9.17, 15) is 22.4 Å². The molecule has 0 radical (unpaired) electrons. The Morgan fingerprint density at radius 2 is 1.82 bits per heavy atom. The van der Waals surface area contributed by atoms with Gasteiger partial charge in [-0.25, -0.2) is 12.8 Å². The highest BCUT2D eigenvalue weighted by molar-refractivity contribution is 7.91. The first-order chi connectivity index (χ1) is 15.7. The van der Waals surface area contributed by atoms with Gasteiger partial charge in [0.2, 0.25) is 5.91 Å². The van der Waals surface area contributed by atoms with Crippen molar-refractivity contribution in [2.24, 2.45) is 7.05 Å². The molecule has 1 aromatic carbocycles. The molecule has 4 rings (SSSR count). The standard InChI is InChI=1S/C24H29FN2O5S/c1-3-33(30,31)18-10-11-21(25)19(13-18)20-15-26(2)24(29)14-22(20)32-17-8-6-16(7-9-17)27-12-4-5-23(27)28/h10-11,13-17H,3-9,12H2,1-2H3. The van der Waals surface area contributed by atoms with Gasteiger partial charge < -0.3 is 14.2 Å². The molecule has 0 atom stereocenters. The lowest BCUT2D eigenvalue weighted by atomic mass is 9.92. The van der Waals surface area contributed by atoms with Crippen molar-refractivity contribution in [1.82, 2.24) is 9.47 Å². The van der Waals surface area contributed by atoms with Crippen molar-refractivity contribution in [1.29, 1.82) is 0 Å². The molecule has 178 valence electrons. The maximum atomic E-state index is 14.8. The first-order valence-electron chi connectivity index (χ1n) is 11.4. The summed E-state index contributed by atoms with van der Waals surface area (Å²) in [6, 6.07) is 5.23. The van der Waals surface area contributed by atoms with Gasteiger partial charge in [-0.2, -0.15) is 0 Å². The van der Waals surface area contributed by atoms with E-state index < -0.39 is 15.7 Å². The van der Waals surface area contributed by atoms with E-state index in [1.165, 1.54) is 35.9 Å². The van der Waals surface area contributed by atoms with Gasteiger partial charge in [0.25, 0.3) is 5.56 Å². The minimum absolute atomic E-state index is 0.0250. The summed E-state index contributed by atoms with van der Waals surface area (Å²) in [6.45, 7) is 2.34. The summed E-state index contributed by atoms with van der Waals surface area (Å²) in [5.41, 5.74) is 0.105. The average molecular weight is 477 g/mol. The number of nitrogens with zero attached hydrogens (tertiary/aromatic N) is 2. The molecular weight excluding hydrogens is 447 g/mol. The number of halogens is 1. The number of sulfone groups is 1. The third kappa shape index (κ3) is 4.83. The van der Waals surface area contributed by atoms with Crippen LogP contribution in [0.4, 0.5) is 4.39 Å². The molecule has 1 saturated carbocycles. The van der Waals surface area contributed by atoms with Crippen molar-refractivity contribution in [3.05, 3.63) is 46.6 Å². The lowest BCUT2D eigenvalue weighted by Gasteiger charge is -2.35. The van der Waals surface area contributed by atoms with Crippen LogP contribution >= 0.6 is 0 Å². The molecule has 2 aliphatic rings. The Labute approximate surface area is 193 Å². The van der Waals surface area contributed by atoms with Gasteiger partial charge in [0, 0.05) is 49.4 Å². The molecule has 7 nitrogen and oxygen atoms in total. The Balaban J connectivity index is 1.61. The first kappa shape index (κ1) is 23.5. The maximum absolute atomic E-state index is 14.8. The number of benzene rings is 1. The summed E-state index contributed by atoms with van der Waals surface area (Å²) in [4.78, 5) is 26.4. The summed E-state index contributed by atoms with van der Waals surface area (Å²) < 4.78 is 47.0. The van der Waals surface area contributed by atoms with E-state index in [2.05, 4.69) is 0 Å². The molecule has 1 aromatic heterocycles. The van der Waals surface area contributed by atoms with E-state index in [0.717, 1.165) is 44.7 Å². The second-order valence-electron chi connectivity index (χ2n) is 8.78. The number of ether oxygens (including phenoxy) is 1. The van der Waals surface area contributed by atoms with Crippen LogP contribution in [-0.4, -0.2) is 48.2 Å². The van der Waals surface area contributed by atoms with Crippen LogP contribution in [0.15, 0.2) is 40.2 Å². The van der Waals surface area contributed by atoms with Crippen LogP contribution in [0.1, 0.15) is 45.4 Å². The van der Waals surface area contributed by atoms with Crippen LogP contribution < -0.4 is 10.3 Å². The number of aryl methyl sites for hydroxylation is 1. The molecule has 1 saturated heterocycles. The highest BCUT2D eigenvalue weighted by atomic mass is 32.2. The predicted octanol–water partition coefficient (Wildman–Crippen LogP) is 3.30. The topological polar surface area (TPSA) is 85.7 Å². The third-order valence-corrected chi connectivity index (χ3v) is 8.38. The second kappa shape index (κ2) is 9.29. The van der Waals surface area contributed by atoms with Crippen molar-refractivity contribution in [3.8, 4) is 16.9 Å². The molecule has 9 heteroatoms. The van der Waals surface area contributed by atoms with Crippen molar-refractivity contribution < 1.29 is 22.3 Å². The third-order valence-electron chi connectivity index (χ3n) is 6.65. The summed E-state index contributed by atoms with van der Waals surface area (Å²) in [7, 11) is -1.98. The number of carbonyl (C=O) groups is 1. The van der Waals surface area contributed by atoms with Crippen LogP contribution in [0, 0.1) is 5.82 Å². The van der Waals surface area contributed by atoms with Gasteiger partial charge in [-0.3, -0.25) is 9.59 Å². The molecule has 1 aliphatic carbocycles. The van der Waals surface area contributed by atoms with Crippen LogP contribution in [0.3, 0.4) is 0 Å². The lowest BCUT2D eigenvalue weighted by molar-refractivity contribution is -0.130. The molecule has 1 aliphatic heterocycles. The van der Waals surface area contributed by atoms with Gasteiger partial charge in [-0.15, -0.1) is 0 Å². The number of hydrogen-bond acceptors (Lipinski definition) is 5. The van der Waals surface area contributed by atoms with Gasteiger partial charge in [-0.05, 0) is 50.3 Å². The monoisotopic (exact) mass is 476 g/mol. The van der Waals surface area contributed by atoms with Crippen molar-refractivity contribution in [2.75, 3.05) is 12.3 Å². The molecule has 2 aromatic rings. The molecule has 33 heavy (non-hydrogen) atoms. The minimum atomic E-state index is -3.53. The van der Waals surface area contributed by atoms with E-state index >= 15 is 0 Å². The maximum Gasteiger partial charge on any atom is 0.254 e. The molecule has 0 unspecified atom stereocenters.